The first-order valence-corrected chi connectivity index (χ1v) is 9.87. The smallest absolute Gasteiger partial charge is 0.262 e. The number of ether oxygens (including phenoxy) is 1. The van der Waals surface area contributed by atoms with Gasteiger partial charge in [0.2, 0.25) is 0 Å². The molecule has 3 rings (SSSR count). The van der Waals surface area contributed by atoms with Crippen LogP contribution in [0.4, 0.5) is 11.4 Å². The largest absolute Gasteiger partial charge is 0.484 e. The van der Waals surface area contributed by atoms with Crippen molar-refractivity contribution in [1.82, 2.24) is 0 Å². The fourth-order valence-electron chi connectivity index (χ4n) is 2.85. The van der Waals surface area contributed by atoms with Gasteiger partial charge in [0.15, 0.2) is 6.61 Å². The van der Waals surface area contributed by atoms with Crippen molar-refractivity contribution in [2.24, 2.45) is 0 Å². The molecular formula is C24H23ClN2O3. The summed E-state index contributed by atoms with van der Waals surface area (Å²) in [5.41, 5.74) is 4.77. The molecule has 2 amide bonds. The van der Waals surface area contributed by atoms with E-state index in [1.54, 1.807) is 42.5 Å². The highest BCUT2D eigenvalue weighted by Crippen LogP contribution is 2.24. The fourth-order valence-corrected chi connectivity index (χ4v) is 3.02. The highest BCUT2D eigenvalue weighted by Gasteiger charge is 2.10. The lowest BCUT2D eigenvalue weighted by molar-refractivity contribution is -0.118. The van der Waals surface area contributed by atoms with Gasteiger partial charge in [-0.05, 0) is 79.9 Å². The Labute approximate surface area is 181 Å². The van der Waals surface area contributed by atoms with E-state index in [9.17, 15) is 9.59 Å². The van der Waals surface area contributed by atoms with E-state index >= 15 is 0 Å². The van der Waals surface area contributed by atoms with Crippen LogP contribution in [0.1, 0.15) is 27.0 Å². The predicted octanol–water partition coefficient (Wildman–Crippen LogP) is 5.54. The van der Waals surface area contributed by atoms with Gasteiger partial charge in [-0.2, -0.15) is 0 Å². The van der Waals surface area contributed by atoms with Crippen molar-refractivity contribution in [1.29, 1.82) is 0 Å². The van der Waals surface area contributed by atoms with E-state index in [1.807, 2.05) is 39.0 Å². The third-order valence-corrected chi connectivity index (χ3v) is 5.08. The Morgan fingerprint density at radius 1 is 0.900 bits per heavy atom. The molecule has 0 aliphatic rings. The fraction of sp³-hybridized carbons (Fsp3) is 0.167. The highest BCUT2D eigenvalue weighted by molar-refractivity contribution is 6.31. The molecule has 0 spiro atoms. The first kappa shape index (κ1) is 21.4. The summed E-state index contributed by atoms with van der Waals surface area (Å²) in [7, 11) is 0. The Bertz CT molecular complexity index is 1080. The van der Waals surface area contributed by atoms with Crippen molar-refractivity contribution in [2.75, 3.05) is 17.2 Å². The number of carbonyl (C=O) groups is 2. The molecule has 0 atom stereocenters. The molecule has 30 heavy (non-hydrogen) atoms. The standard InChI is InChI=1S/C24H23ClN2O3/c1-15-7-8-16(2)22(13-15)26-23(28)14-30-19-11-9-18(10-12-19)24(29)27-21-6-4-5-20(25)17(21)3/h4-13H,14H2,1-3H3,(H,26,28)(H,27,29). The molecule has 0 fully saturated rings. The van der Waals surface area contributed by atoms with Gasteiger partial charge in [0.1, 0.15) is 5.75 Å². The Morgan fingerprint density at radius 3 is 2.37 bits per heavy atom. The van der Waals surface area contributed by atoms with Gasteiger partial charge in [-0.25, -0.2) is 0 Å². The summed E-state index contributed by atoms with van der Waals surface area (Å²) in [5.74, 6) is 0.00290. The van der Waals surface area contributed by atoms with Gasteiger partial charge in [0, 0.05) is 22.0 Å². The van der Waals surface area contributed by atoms with Gasteiger partial charge in [0.05, 0.1) is 0 Å². The molecule has 5 nitrogen and oxygen atoms in total. The van der Waals surface area contributed by atoms with Crippen molar-refractivity contribution in [3.8, 4) is 5.75 Å². The highest BCUT2D eigenvalue weighted by atomic mass is 35.5. The van der Waals surface area contributed by atoms with Gasteiger partial charge in [-0.1, -0.05) is 29.8 Å². The second-order valence-corrected chi connectivity index (χ2v) is 7.45. The van der Waals surface area contributed by atoms with Gasteiger partial charge in [0.25, 0.3) is 11.8 Å². The Morgan fingerprint density at radius 2 is 1.63 bits per heavy atom. The molecule has 154 valence electrons. The number of anilines is 2. The number of carbonyl (C=O) groups excluding carboxylic acids is 2. The minimum absolute atomic E-state index is 0.124. The number of benzene rings is 3. The summed E-state index contributed by atoms with van der Waals surface area (Å²) < 4.78 is 5.54. The number of amides is 2. The molecule has 6 heteroatoms. The zero-order chi connectivity index (χ0) is 21.7. The number of halogens is 1. The Hall–Kier alpha value is -3.31. The maximum Gasteiger partial charge on any atom is 0.262 e. The molecule has 3 aromatic carbocycles. The maximum absolute atomic E-state index is 12.5. The molecule has 0 aromatic heterocycles. The number of hydrogen-bond acceptors (Lipinski definition) is 3. The number of rotatable bonds is 6. The summed E-state index contributed by atoms with van der Waals surface area (Å²) in [6.07, 6.45) is 0. The summed E-state index contributed by atoms with van der Waals surface area (Å²) >= 11 is 6.09. The lowest BCUT2D eigenvalue weighted by Gasteiger charge is -2.11. The van der Waals surface area contributed by atoms with Gasteiger partial charge in [-0.15, -0.1) is 0 Å². The quantitative estimate of drug-likeness (QED) is 0.548. The summed E-state index contributed by atoms with van der Waals surface area (Å²) in [6.45, 7) is 5.63. The normalized spacial score (nSPS) is 10.4. The van der Waals surface area contributed by atoms with Crippen LogP contribution in [0.15, 0.2) is 60.7 Å². The van der Waals surface area contributed by atoms with Crippen molar-refractivity contribution in [2.45, 2.75) is 20.8 Å². The zero-order valence-electron chi connectivity index (χ0n) is 17.1. The van der Waals surface area contributed by atoms with Crippen LogP contribution in [-0.2, 0) is 4.79 Å². The number of hydrogen-bond donors (Lipinski definition) is 2. The molecule has 0 aliphatic heterocycles. The van der Waals surface area contributed by atoms with Crippen molar-refractivity contribution in [3.63, 3.8) is 0 Å². The molecule has 2 N–H and O–H groups in total. The average Bonchev–Trinajstić information content (AvgIpc) is 2.73. The number of aryl methyl sites for hydroxylation is 2. The molecule has 0 bridgehead atoms. The minimum Gasteiger partial charge on any atom is -0.484 e. The zero-order valence-corrected chi connectivity index (χ0v) is 17.8. The third kappa shape index (κ3) is 5.39. The van der Waals surface area contributed by atoms with Crippen molar-refractivity contribution in [3.05, 3.63) is 87.9 Å². The molecule has 0 saturated heterocycles. The second kappa shape index (κ2) is 9.46. The Kier molecular flexibility index (Phi) is 6.75. The van der Waals surface area contributed by atoms with Crippen LogP contribution in [0.2, 0.25) is 5.02 Å². The van der Waals surface area contributed by atoms with Crippen LogP contribution < -0.4 is 15.4 Å². The molecule has 0 heterocycles. The minimum atomic E-state index is -0.250. The topological polar surface area (TPSA) is 67.4 Å². The monoisotopic (exact) mass is 422 g/mol. The van der Waals surface area contributed by atoms with Crippen LogP contribution >= 0.6 is 11.6 Å². The summed E-state index contributed by atoms with van der Waals surface area (Å²) in [4.78, 5) is 24.6. The van der Waals surface area contributed by atoms with Gasteiger partial charge in [-0.3, -0.25) is 9.59 Å². The molecule has 0 aliphatic carbocycles. The van der Waals surface area contributed by atoms with E-state index in [1.165, 1.54) is 0 Å². The SMILES string of the molecule is Cc1ccc(C)c(NC(=O)COc2ccc(C(=O)Nc3cccc(Cl)c3C)cc2)c1. The van der Waals surface area contributed by atoms with E-state index < -0.39 is 0 Å². The third-order valence-electron chi connectivity index (χ3n) is 4.67. The molecular weight excluding hydrogens is 400 g/mol. The lowest BCUT2D eigenvalue weighted by Crippen LogP contribution is -2.20. The first-order chi connectivity index (χ1) is 14.3. The van der Waals surface area contributed by atoms with Crippen LogP contribution in [0.5, 0.6) is 5.75 Å². The molecule has 0 unspecified atom stereocenters. The van der Waals surface area contributed by atoms with Crippen LogP contribution in [0.3, 0.4) is 0 Å². The lowest BCUT2D eigenvalue weighted by atomic mass is 10.1. The Balaban J connectivity index is 1.56. The van der Waals surface area contributed by atoms with E-state index in [4.69, 9.17) is 16.3 Å². The second-order valence-electron chi connectivity index (χ2n) is 7.05. The average molecular weight is 423 g/mol. The van der Waals surface area contributed by atoms with Crippen LogP contribution in [0, 0.1) is 20.8 Å². The van der Waals surface area contributed by atoms with Crippen LogP contribution in [0.25, 0.3) is 0 Å². The molecule has 0 radical (unpaired) electrons. The van der Waals surface area contributed by atoms with E-state index in [-0.39, 0.29) is 18.4 Å². The van der Waals surface area contributed by atoms with E-state index in [0.29, 0.717) is 22.0 Å². The summed E-state index contributed by atoms with van der Waals surface area (Å²) in [6, 6.07) is 17.8. The van der Waals surface area contributed by atoms with Gasteiger partial charge >= 0.3 is 0 Å². The maximum atomic E-state index is 12.5. The molecule has 0 saturated carbocycles. The van der Waals surface area contributed by atoms with E-state index in [0.717, 1.165) is 22.4 Å². The van der Waals surface area contributed by atoms with E-state index in [2.05, 4.69) is 10.6 Å². The summed E-state index contributed by atoms with van der Waals surface area (Å²) in [5, 5.41) is 6.29. The van der Waals surface area contributed by atoms with Crippen molar-refractivity contribution >= 4 is 34.8 Å². The first-order valence-electron chi connectivity index (χ1n) is 9.50. The van der Waals surface area contributed by atoms with Crippen molar-refractivity contribution < 1.29 is 14.3 Å². The predicted molar refractivity (Wildman–Crippen MR) is 121 cm³/mol. The van der Waals surface area contributed by atoms with Gasteiger partial charge < -0.3 is 15.4 Å². The number of nitrogens with one attached hydrogen (secondary N) is 2. The van der Waals surface area contributed by atoms with Crippen LogP contribution in [-0.4, -0.2) is 18.4 Å². The molecule has 3 aromatic rings.